The van der Waals surface area contributed by atoms with Crippen LogP contribution in [0, 0.1) is 0 Å². The molecule has 3 aromatic heterocycles. The number of fused-ring (bicyclic) bond motifs is 7. The molecule has 0 aliphatic heterocycles. The minimum Gasteiger partial charge on any atom is -0.456 e. The van der Waals surface area contributed by atoms with Crippen molar-refractivity contribution in [3.05, 3.63) is 211 Å². The normalized spacial score (nSPS) is 12.6. The van der Waals surface area contributed by atoms with Gasteiger partial charge in [-0.2, -0.15) is 0 Å². The molecule has 0 amide bonds. The number of rotatable bonds is 6. The molecule has 0 spiro atoms. The van der Waals surface area contributed by atoms with Gasteiger partial charge in [-0.05, 0) is 52.9 Å². The van der Waals surface area contributed by atoms with E-state index in [2.05, 4.69) is 140 Å². The summed E-state index contributed by atoms with van der Waals surface area (Å²) in [5.41, 5.74) is 16.2. The van der Waals surface area contributed by atoms with E-state index < -0.39 is 0 Å². The molecule has 3 heterocycles. The van der Waals surface area contributed by atoms with Crippen LogP contribution < -0.4 is 0 Å². The molecule has 11 rings (SSSR count). The summed E-state index contributed by atoms with van der Waals surface area (Å²) in [4.78, 5) is 15.5. The first-order valence-electron chi connectivity index (χ1n) is 19.6. The van der Waals surface area contributed by atoms with E-state index in [9.17, 15) is 0 Å². The number of allylic oxidation sites excluding steroid dienone is 2. The molecular weight excluding hydrogens is 707 g/mol. The molecule has 4 nitrogen and oxygen atoms in total. The summed E-state index contributed by atoms with van der Waals surface area (Å²) in [5.74, 6) is 0.708. The highest BCUT2D eigenvalue weighted by molar-refractivity contribution is 6.24. The Morgan fingerprint density at radius 2 is 0.966 bits per heavy atom. The fourth-order valence-electron chi connectivity index (χ4n) is 8.40. The number of pyridine rings is 1. The molecule has 0 atom stereocenters. The van der Waals surface area contributed by atoms with Crippen molar-refractivity contribution < 1.29 is 4.42 Å². The Kier molecular flexibility index (Phi) is 8.00. The monoisotopic (exact) mass is 741 g/mol. The van der Waals surface area contributed by atoms with Gasteiger partial charge in [0.2, 0.25) is 0 Å². The van der Waals surface area contributed by atoms with Crippen molar-refractivity contribution in [1.29, 1.82) is 0 Å². The number of nitrogens with zero attached hydrogens (tertiary/aromatic N) is 3. The molecule has 0 fully saturated rings. The van der Waals surface area contributed by atoms with E-state index in [1.807, 2.05) is 54.6 Å². The van der Waals surface area contributed by atoms with Crippen molar-refractivity contribution in [1.82, 2.24) is 15.0 Å². The summed E-state index contributed by atoms with van der Waals surface area (Å²) < 4.78 is 6.41. The molecule has 1 aliphatic carbocycles. The topological polar surface area (TPSA) is 51.8 Å². The average molecular weight is 742 g/mol. The lowest BCUT2D eigenvalue weighted by Gasteiger charge is -2.23. The third-order valence-electron chi connectivity index (χ3n) is 11.3. The Hall–Kier alpha value is -7.69. The van der Waals surface area contributed by atoms with Crippen LogP contribution in [0.4, 0.5) is 0 Å². The van der Waals surface area contributed by atoms with Crippen LogP contribution in [0.25, 0.3) is 100 Å². The van der Waals surface area contributed by atoms with Crippen LogP contribution in [-0.4, -0.2) is 15.0 Å². The van der Waals surface area contributed by atoms with Gasteiger partial charge in [0.05, 0.1) is 22.8 Å². The smallest absolute Gasteiger partial charge is 0.160 e. The molecule has 0 bridgehead atoms. The van der Waals surface area contributed by atoms with E-state index >= 15 is 0 Å². The molecule has 58 heavy (non-hydrogen) atoms. The van der Waals surface area contributed by atoms with E-state index in [1.54, 1.807) is 0 Å². The van der Waals surface area contributed by atoms with Crippen LogP contribution in [-0.2, 0) is 0 Å². The van der Waals surface area contributed by atoms with Crippen molar-refractivity contribution in [3.63, 3.8) is 0 Å². The summed E-state index contributed by atoms with van der Waals surface area (Å²) in [6.07, 6.45) is 3.02. The predicted octanol–water partition coefficient (Wildman–Crippen LogP) is 14.1. The molecule has 1 aliphatic rings. The number of hydrogen-bond donors (Lipinski definition) is 0. The lowest BCUT2D eigenvalue weighted by Crippen LogP contribution is -2.06. The maximum absolute atomic E-state index is 6.41. The maximum atomic E-state index is 6.41. The van der Waals surface area contributed by atoms with Crippen molar-refractivity contribution in [2.75, 3.05) is 0 Å². The van der Waals surface area contributed by atoms with Crippen LogP contribution in [0.5, 0.6) is 0 Å². The van der Waals surface area contributed by atoms with Gasteiger partial charge in [-0.15, -0.1) is 0 Å². The molecule has 0 saturated heterocycles. The number of hydrogen-bond acceptors (Lipinski definition) is 4. The summed E-state index contributed by atoms with van der Waals surface area (Å²) >= 11 is 0. The minimum atomic E-state index is 0.708. The molecule has 4 heteroatoms. The van der Waals surface area contributed by atoms with Crippen molar-refractivity contribution in [2.24, 2.45) is 0 Å². The van der Waals surface area contributed by atoms with E-state index in [0.29, 0.717) is 5.82 Å². The van der Waals surface area contributed by atoms with Gasteiger partial charge in [-0.25, -0.2) is 15.0 Å². The van der Waals surface area contributed by atoms with Crippen LogP contribution in [0.15, 0.2) is 199 Å². The number of para-hydroxylation sites is 1. The number of aromatic nitrogens is 3. The molecule has 0 saturated carbocycles. The second-order valence-electron chi connectivity index (χ2n) is 14.8. The third-order valence-corrected chi connectivity index (χ3v) is 11.3. The SMILES string of the molecule is C=C1CC=C(c2ccc(-c3ccc(-c4cc(-c5ccccc5)nc(-c5ccccc5)n4)cc3)cc2)c2nc(-c3ccccc3)c3ccc4oc5ccccc5c4c3c21. The lowest BCUT2D eigenvalue weighted by molar-refractivity contribution is 0.669. The van der Waals surface area contributed by atoms with Crippen molar-refractivity contribution in [2.45, 2.75) is 6.42 Å². The van der Waals surface area contributed by atoms with Crippen LogP contribution in [0.2, 0.25) is 0 Å². The van der Waals surface area contributed by atoms with E-state index in [-0.39, 0.29) is 0 Å². The second kappa shape index (κ2) is 13.8. The van der Waals surface area contributed by atoms with E-state index in [4.69, 9.17) is 19.4 Å². The highest BCUT2D eigenvalue weighted by atomic mass is 16.3. The molecule has 272 valence electrons. The second-order valence-corrected chi connectivity index (χ2v) is 14.8. The Morgan fingerprint density at radius 1 is 0.414 bits per heavy atom. The van der Waals surface area contributed by atoms with Crippen molar-refractivity contribution in [3.8, 4) is 56.3 Å². The van der Waals surface area contributed by atoms with Gasteiger partial charge >= 0.3 is 0 Å². The highest BCUT2D eigenvalue weighted by Crippen LogP contribution is 2.47. The molecule has 0 N–H and O–H groups in total. The fraction of sp³-hybridized carbons (Fsp3) is 0.0185. The molecule has 7 aromatic carbocycles. The van der Waals surface area contributed by atoms with E-state index in [1.165, 1.54) is 0 Å². The van der Waals surface area contributed by atoms with Crippen LogP contribution >= 0.6 is 0 Å². The Labute approximate surface area is 336 Å². The quantitative estimate of drug-likeness (QED) is 0.170. The largest absolute Gasteiger partial charge is 0.456 e. The zero-order chi connectivity index (χ0) is 38.6. The Bertz CT molecular complexity index is 3160. The molecular formula is C54H35N3O. The Balaban J connectivity index is 0.982. The summed E-state index contributed by atoms with van der Waals surface area (Å²) in [6.45, 7) is 4.61. The maximum Gasteiger partial charge on any atom is 0.160 e. The molecule has 0 radical (unpaired) electrons. The first kappa shape index (κ1) is 33.6. The Morgan fingerprint density at radius 3 is 1.64 bits per heavy atom. The van der Waals surface area contributed by atoms with Gasteiger partial charge in [0.1, 0.15) is 11.2 Å². The zero-order valence-corrected chi connectivity index (χ0v) is 31.6. The molecule has 10 aromatic rings. The minimum absolute atomic E-state index is 0.708. The summed E-state index contributed by atoms with van der Waals surface area (Å²) in [5, 5.41) is 4.45. The zero-order valence-electron chi connectivity index (χ0n) is 31.6. The summed E-state index contributed by atoms with van der Waals surface area (Å²) in [7, 11) is 0. The summed E-state index contributed by atoms with van der Waals surface area (Å²) in [6, 6.07) is 63.1. The van der Waals surface area contributed by atoms with Gasteiger partial charge in [-0.3, -0.25) is 0 Å². The predicted molar refractivity (Wildman–Crippen MR) is 239 cm³/mol. The third kappa shape index (κ3) is 5.74. The van der Waals surface area contributed by atoms with Crippen LogP contribution in [0.3, 0.4) is 0 Å². The first-order chi connectivity index (χ1) is 28.7. The fourth-order valence-corrected chi connectivity index (χ4v) is 8.40. The highest BCUT2D eigenvalue weighted by Gasteiger charge is 2.26. The number of benzene rings is 7. The van der Waals surface area contributed by atoms with Crippen molar-refractivity contribution >= 4 is 43.9 Å². The standard InChI is InChI=1S/C54H35N3O/c1-34-21-30-42(53-49(34)51-44(52(57-53)40-15-7-3-8-16-40)31-32-48-50(51)43-19-11-12-20-47(43)58-48)37-26-22-35(23-27-37)36-24-28-39(29-25-36)46-33-45(38-13-5-2-6-14-38)55-54(56-46)41-17-9-4-10-18-41/h2-20,22-33H,1,21H2. The lowest BCUT2D eigenvalue weighted by atomic mass is 9.83. The van der Waals surface area contributed by atoms with E-state index in [0.717, 1.165) is 118 Å². The van der Waals surface area contributed by atoms with Gasteiger partial charge in [0.15, 0.2) is 5.82 Å². The van der Waals surface area contributed by atoms with Gasteiger partial charge < -0.3 is 4.42 Å². The first-order valence-corrected chi connectivity index (χ1v) is 19.6. The van der Waals surface area contributed by atoms with Gasteiger partial charge in [0.25, 0.3) is 0 Å². The van der Waals surface area contributed by atoms with Gasteiger partial charge in [-0.1, -0.05) is 170 Å². The van der Waals surface area contributed by atoms with Crippen LogP contribution in [0.1, 0.15) is 23.2 Å². The van der Waals surface area contributed by atoms with Gasteiger partial charge in [0, 0.05) is 54.9 Å². The molecule has 0 unspecified atom stereocenters. The average Bonchev–Trinajstić information content (AvgIpc) is 3.69. The number of furan rings is 1.